The Morgan fingerprint density at radius 1 is 0.545 bits per heavy atom. The van der Waals surface area contributed by atoms with Gasteiger partial charge in [0, 0.05) is 0 Å². The number of aryl methyl sites for hydroxylation is 4. The van der Waals surface area contributed by atoms with Crippen LogP contribution in [0.15, 0.2) is 109 Å². The Morgan fingerprint density at radius 2 is 0.886 bits per heavy atom. The first-order valence-electron chi connectivity index (χ1n) is 15.1. The fourth-order valence-electron chi connectivity index (χ4n) is 5.55. The molecular weight excluding hydrogens is 742 g/mol. The number of hydrogen-bond acceptors (Lipinski definition) is 0. The normalized spacial score (nSPS) is 9.95. The summed E-state index contributed by atoms with van der Waals surface area (Å²) in [6, 6.07) is 40.2. The van der Waals surface area contributed by atoms with Gasteiger partial charge in [-0.2, -0.15) is 12.1 Å². The van der Waals surface area contributed by atoms with E-state index >= 15 is 0 Å². The SMILES string of the molecule is CCCc1ccc(-c2cccc3[cH-]c(C)cc23)cc1.CCCc1ccc(-c2cccc3[cH-]c(C)cc23)cc1.Cl.Cl.[CH2-]C[CH2-].[Hf+4]. The average molecular weight is 788 g/mol. The fourth-order valence-corrected chi connectivity index (χ4v) is 5.55. The van der Waals surface area contributed by atoms with Gasteiger partial charge in [0.25, 0.3) is 0 Å². The largest absolute Gasteiger partial charge is 4.00 e. The van der Waals surface area contributed by atoms with E-state index in [2.05, 4.69) is 151 Å². The van der Waals surface area contributed by atoms with E-state index in [1.54, 1.807) is 0 Å². The van der Waals surface area contributed by atoms with Gasteiger partial charge < -0.3 is 20.3 Å². The molecule has 0 aliphatic carbocycles. The topological polar surface area (TPSA) is 0 Å². The number of fused-ring (bicyclic) bond motifs is 2. The van der Waals surface area contributed by atoms with E-state index in [-0.39, 0.29) is 50.7 Å². The molecule has 44 heavy (non-hydrogen) atoms. The summed E-state index contributed by atoms with van der Waals surface area (Å²) in [5.74, 6) is 0. The number of halogens is 2. The summed E-state index contributed by atoms with van der Waals surface area (Å²) in [4.78, 5) is 0. The maximum Gasteiger partial charge on any atom is 4.00 e. The van der Waals surface area contributed by atoms with Gasteiger partial charge >= 0.3 is 25.8 Å². The van der Waals surface area contributed by atoms with Crippen LogP contribution in [-0.2, 0) is 38.7 Å². The van der Waals surface area contributed by atoms with Crippen LogP contribution in [-0.4, -0.2) is 0 Å². The Labute approximate surface area is 297 Å². The van der Waals surface area contributed by atoms with Crippen molar-refractivity contribution in [2.24, 2.45) is 0 Å². The molecule has 0 radical (unpaired) electrons. The zero-order valence-corrected chi connectivity index (χ0v) is 31.9. The van der Waals surface area contributed by atoms with Crippen LogP contribution in [0.25, 0.3) is 43.8 Å². The van der Waals surface area contributed by atoms with Crippen LogP contribution in [0.3, 0.4) is 0 Å². The van der Waals surface area contributed by atoms with Crippen LogP contribution in [0.5, 0.6) is 0 Å². The Hall–Kier alpha value is -2.45. The third kappa shape index (κ3) is 10.3. The van der Waals surface area contributed by atoms with Gasteiger partial charge in [0.2, 0.25) is 0 Å². The van der Waals surface area contributed by atoms with E-state index in [0.29, 0.717) is 0 Å². The van der Waals surface area contributed by atoms with E-state index in [0.717, 1.165) is 6.42 Å². The molecule has 3 heteroatoms. The molecule has 6 rings (SSSR count). The predicted molar refractivity (Wildman–Crippen MR) is 197 cm³/mol. The first kappa shape index (κ1) is 39.6. The van der Waals surface area contributed by atoms with Crippen LogP contribution < -0.4 is 0 Å². The van der Waals surface area contributed by atoms with E-state index in [4.69, 9.17) is 0 Å². The van der Waals surface area contributed by atoms with Crippen molar-refractivity contribution in [3.63, 3.8) is 0 Å². The third-order valence-corrected chi connectivity index (χ3v) is 7.40. The Kier molecular flexibility index (Phi) is 17.8. The maximum absolute atomic E-state index is 3.38. The fraction of sp³-hybridized carbons (Fsp3) is 0.220. The molecule has 0 heterocycles. The van der Waals surface area contributed by atoms with Crippen molar-refractivity contribution in [1.82, 2.24) is 0 Å². The smallest absolute Gasteiger partial charge is 0.372 e. The summed E-state index contributed by atoms with van der Waals surface area (Å²) in [6.07, 6.45) is 5.49. The van der Waals surface area contributed by atoms with Crippen LogP contribution in [0.2, 0.25) is 0 Å². The second kappa shape index (κ2) is 19.8. The van der Waals surface area contributed by atoms with Crippen molar-refractivity contribution in [2.75, 3.05) is 0 Å². The van der Waals surface area contributed by atoms with Crippen molar-refractivity contribution in [3.8, 4) is 22.3 Å². The second-order valence-corrected chi connectivity index (χ2v) is 10.9. The molecule has 0 bridgehead atoms. The van der Waals surface area contributed by atoms with E-state index < -0.39 is 0 Å². The molecule has 0 N–H and O–H groups in total. The minimum atomic E-state index is 0. The maximum atomic E-state index is 3.38. The summed E-state index contributed by atoms with van der Waals surface area (Å²) in [7, 11) is 0. The van der Waals surface area contributed by atoms with Gasteiger partial charge in [-0.1, -0.05) is 112 Å². The van der Waals surface area contributed by atoms with Crippen molar-refractivity contribution < 1.29 is 25.8 Å². The molecule has 0 atom stereocenters. The third-order valence-electron chi connectivity index (χ3n) is 7.40. The molecule has 0 spiro atoms. The molecule has 0 aliphatic heterocycles. The zero-order chi connectivity index (χ0) is 29.2. The molecule has 0 aliphatic rings. The molecule has 0 saturated heterocycles. The number of hydrogen-bond donors (Lipinski definition) is 0. The Morgan fingerprint density at radius 3 is 1.20 bits per heavy atom. The zero-order valence-electron chi connectivity index (χ0n) is 26.7. The van der Waals surface area contributed by atoms with Crippen molar-refractivity contribution in [1.29, 1.82) is 0 Å². The molecule has 0 fully saturated rings. The van der Waals surface area contributed by atoms with Crippen LogP contribution >= 0.6 is 24.8 Å². The quantitative estimate of drug-likeness (QED) is 0.116. The summed E-state index contributed by atoms with van der Waals surface area (Å²) in [6.45, 7) is 15.5. The molecule has 0 saturated carbocycles. The van der Waals surface area contributed by atoms with E-state index in [1.807, 2.05) is 0 Å². The van der Waals surface area contributed by atoms with E-state index in [9.17, 15) is 0 Å². The minimum absolute atomic E-state index is 0. The standard InChI is InChI=1S/2C19H19.C3H6.2ClH.Hf/c2*1-3-5-15-8-10-16(11-9-15)18-7-4-6-17-12-14(2)13-19(17)18;1-3-2;;;/h2*4,6-13H,3,5H2,1-2H3;1-3H2;2*1H;/q2*-1;-2;;;+4. The van der Waals surface area contributed by atoms with Crippen LogP contribution in [0, 0.1) is 27.7 Å². The van der Waals surface area contributed by atoms with Crippen LogP contribution in [0.4, 0.5) is 0 Å². The van der Waals surface area contributed by atoms with Crippen LogP contribution in [0.1, 0.15) is 55.4 Å². The molecule has 6 aromatic carbocycles. The molecule has 0 unspecified atom stereocenters. The van der Waals surface area contributed by atoms with Gasteiger partial charge in [0.15, 0.2) is 0 Å². The van der Waals surface area contributed by atoms with Gasteiger partial charge in [-0.25, -0.2) is 0 Å². The first-order valence-corrected chi connectivity index (χ1v) is 15.1. The molecular formula is C41H46Cl2Hf. The first-order chi connectivity index (χ1) is 20.0. The van der Waals surface area contributed by atoms with Gasteiger partial charge in [-0.15, -0.1) is 93.9 Å². The minimum Gasteiger partial charge on any atom is -0.372 e. The Bertz CT molecular complexity index is 1530. The monoisotopic (exact) mass is 788 g/mol. The van der Waals surface area contributed by atoms with Gasteiger partial charge in [-0.3, -0.25) is 0 Å². The summed E-state index contributed by atoms with van der Waals surface area (Å²) < 4.78 is 0. The van der Waals surface area contributed by atoms with Gasteiger partial charge in [0.1, 0.15) is 0 Å². The number of rotatable bonds is 6. The molecule has 0 nitrogen and oxygen atoms in total. The summed E-state index contributed by atoms with van der Waals surface area (Å²) in [5.41, 5.74) is 10.8. The molecule has 0 aromatic heterocycles. The second-order valence-electron chi connectivity index (χ2n) is 10.9. The molecule has 0 amide bonds. The predicted octanol–water partition coefficient (Wildman–Crippen LogP) is 12.9. The number of benzene rings is 4. The van der Waals surface area contributed by atoms with Crippen molar-refractivity contribution in [3.05, 3.63) is 145 Å². The summed E-state index contributed by atoms with van der Waals surface area (Å²) in [5, 5.41) is 5.41. The molecule has 6 aromatic rings. The van der Waals surface area contributed by atoms with Gasteiger partial charge in [-0.05, 0) is 35.1 Å². The van der Waals surface area contributed by atoms with Gasteiger partial charge in [0.05, 0.1) is 0 Å². The van der Waals surface area contributed by atoms with Crippen molar-refractivity contribution in [2.45, 2.75) is 59.8 Å². The summed E-state index contributed by atoms with van der Waals surface area (Å²) >= 11 is 0. The average Bonchev–Trinajstić information content (AvgIpc) is 3.56. The van der Waals surface area contributed by atoms with E-state index in [1.165, 1.54) is 91.7 Å². The molecule has 228 valence electrons. The van der Waals surface area contributed by atoms with Crippen molar-refractivity contribution >= 4 is 46.4 Å². The Balaban J connectivity index is 0.000000380.